The molecule has 0 aliphatic rings. The lowest BCUT2D eigenvalue weighted by atomic mass is 10.4. The maximum atomic E-state index is 4.51. The van der Waals surface area contributed by atoms with Crippen molar-refractivity contribution >= 4 is 17.3 Å². The molecule has 0 radical (unpaired) electrons. The maximum Gasteiger partial charge on any atom is 0.191 e. The van der Waals surface area contributed by atoms with Crippen molar-refractivity contribution in [3.8, 4) is 0 Å². The number of guanidine groups is 1. The molecule has 0 aliphatic carbocycles. The van der Waals surface area contributed by atoms with Crippen LogP contribution in [0.3, 0.4) is 0 Å². The molecule has 0 fully saturated rings. The Hall–Kier alpha value is -1.82. The van der Waals surface area contributed by atoms with Crippen molar-refractivity contribution in [2.24, 2.45) is 4.99 Å². The first-order valence-electron chi connectivity index (χ1n) is 6.33. The van der Waals surface area contributed by atoms with E-state index in [-0.39, 0.29) is 0 Å². The Labute approximate surface area is 117 Å². The molecule has 0 saturated carbocycles. The summed E-state index contributed by atoms with van der Waals surface area (Å²) in [5, 5.41) is 13.4. The van der Waals surface area contributed by atoms with E-state index in [0.717, 1.165) is 24.7 Å². The van der Waals surface area contributed by atoms with E-state index < -0.39 is 0 Å². The van der Waals surface area contributed by atoms with Gasteiger partial charge in [0, 0.05) is 22.5 Å². The minimum atomic E-state index is 0.596. The Morgan fingerprint density at radius 2 is 2.26 bits per heavy atom. The predicted octanol–water partition coefficient (Wildman–Crippen LogP) is 2.03. The molecule has 19 heavy (non-hydrogen) atoms. The number of aromatic nitrogens is 2. The number of H-pyrrole nitrogens is 1. The molecule has 2 rings (SSSR count). The summed E-state index contributed by atoms with van der Waals surface area (Å²) in [7, 11) is 0. The predicted molar refractivity (Wildman–Crippen MR) is 79.3 cm³/mol. The standard InChI is InChI=1S/C13H19N5S/c1-3-14-13(15-8-11-6-7-17-18-11)16-9-12-5-4-10(2)19-12/h4-7H,3,8-9H2,1-2H3,(H,17,18)(H2,14,15,16). The number of aromatic amines is 1. The summed E-state index contributed by atoms with van der Waals surface area (Å²) in [5.41, 5.74) is 1.00. The Morgan fingerprint density at radius 3 is 2.89 bits per heavy atom. The van der Waals surface area contributed by atoms with Gasteiger partial charge in [-0.05, 0) is 32.0 Å². The lowest BCUT2D eigenvalue weighted by Crippen LogP contribution is -2.36. The van der Waals surface area contributed by atoms with Gasteiger partial charge in [0.1, 0.15) is 0 Å². The zero-order valence-corrected chi connectivity index (χ0v) is 12.0. The van der Waals surface area contributed by atoms with Crippen molar-refractivity contribution in [1.29, 1.82) is 0 Å². The second kappa shape index (κ2) is 6.94. The highest BCUT2D eigenvalue weighted by molar-refractivity contribution is 7.11. The average Bonchev–Trinajstić information content (AvgIpc) is 3.04. The van der Waals surface area contributed by atoms with E-state index in [0.29, 0.717) is 6.54 Å². The summed E-state index contributed by atoms with van der Waals surface area (Å²) in [5.74, 6) is 0.822. The van der Waals surface area contributed by atoms with E-state index in [1.165, 1.54) is 9.75 Å². The summed E-state index contributed by atoms with van der Waals surface area (Å²) in [6.45, 7) is 6.42. The summed E-state index contributed by atoms with van der Waals surface area (Å²) in [6, 6.07) is 6.21. The molecule has 2 aromatic rings. The normalized spacial score (nSPS) is 11.6. The highest BCUT2D eigenvalue weighted by Gasteiger charge is 2.00. The fourth-order valence-corrected chi connectivity index (χ4v) is 2.46. The van der Waals surface area contributed by atoms with Gasteiger partial charge in [-0.2, -0.15) is 5.10 Å². The molecule has 102 valence electrons. The minimum Gasteiger partial charge on any atom is -0.357 e. The van der Waals surface area contributed by atoms with Crippen LogP contribution in [0.5, 0.6) is 0 Å². The summed E-state index contributed by atoms with van der Waals surface area (Å²) < 4.78 is 0. The molecular weight excluding hydrogens is 258 g/mol. The molecule has 0 unspecified atom stereocenters. The summed E-state index contributed by atoms with van der Waals surface area (Å²) >= 11 is 1.80. The molecule has 2 heterocycles. The highest BCUT2D eigenvalue weighted by atomic mass is 32.1. The van der Waals surface area contributed by atoms with Crippen molar-refractivity contribution in [1.82, 2.24) is 20.8 Å². The highest BCUT2D eigenvalue weighted by Crippen LogP contribution is 2.14. The number of nitrogens with zero attached hydrogens (tertiary/aromatic N) is 2. The van der Waals surface area contributed by atoms with Crippen LogP contribution >= 0.6 is 11.3 Å². The molecular formula is C13H19N5S. The Balaban J connectivity index is 1.89. The van der Waals surface area contributed by atoms with Crippen molar-refractivity contribution in [2.45, 2.75) is 26.9 Å². The third-order valence-corrected chi connectivity index (χ3v) is 3.54. The number of aliphatic imine (C=N–C) groups is 1. The first kappa shape index (κ1) is 13.6. The van der Waals surface area contributed by atoms with E-state index in [4.69, 9.17) is 0 Å². The van der Waals surface area contributed by atoms with E-state index in [9.17, 15) is 0 Å². The number of thiophene rings is 1. The molecule has 0 spiro atoms. The number of aryl methyl sites for hydroxylation is 1. The quantitative estimate of drug-likeness (QED) is 0.579. The molecule has 5 nitrogen and oxygen atoms in total. The molecule has 2 aromatic heterocycles. The fraction of sp³-hybridized carbons (Fsp3) is 0.385. The van der Waals surface area contributed by atoms with Crippen LogP contribution in [0.15, 0.2) is 29.4 Å². The minimum absolute atomic E-state index is 0.596. The van der Waals surface area contributed by atoms with Crippen LogP contribution < -0.4 is 10.6 Å². The molecule has 0 aromatic carbocycles. The van der Waals surface area contributed by atoms with Crippen LogP contribution in [0.1, 0.15) is 22.4 Å². The van der Waals surface area contributed by atoms with Crippen molar-refractivity contribution in [3.05, 3.63) is 39.8 Å². The van der Waals surface area contributed by atoms with Gasteiger partial charge in [-0.3, -0.25) is 5.10 Å². The van der Waals surface area contributed by atoms with Gasteiger partial charge in [-0.25, -0.2) is 4.99 Å². The summed E-state index contributed by atoms with van der Waals surface area (Å²) in [6.07, 6.45) is 1.74. The van der Waals surface area contributed by atoms with Crippen molar-refractivity contribution < 1.29 is 0 Å². The number of hydrogen-bond donors (Lipinski definition) is 3. The van der Waals surface area contributed by atoms with Crippen LogP contribution in [0.4, 0.5) is 0 Å². The third kappa shape index (κ3) is 4.40. The number of hydrogen-bond acceptors (Lipinski definition) is 3. The second-order valence-corrected chi connectivity index (χ2v) is 5.52. The summed E-state index contributed by atoms with van der Waals surface area (Å²) in [4.78, 5) is 7.15. The van der Waals surface area contributed by atoms with Crippen LogP contribution in [0.2, 0.25) is 0 Å². The van der Waals surface area contributed by atoms with Gasteiger partial charge in [0.05, 0.1) is 18.8 Å². The second-order valence-electron chi connectivity index (χ2n) is 4.14. The molecule has 0 bridgehead atoms. The first-order chi connectivity index (χ1) is 9.28. The monoisotopic (exact) mass is 277 g/mol. The van der Waals surface area contributed by atoms with Crippen LogP contribution in [0.25, 0.3) is 0 Å². The van der Waals surface area contributed by atoms with Crippen molar-refractivity contribution in [2.75, 3.05) is 6.54 Å². The zero-order valence-electron chi connectivity index (χ0n) is 11.2. The number of rotatable bonds is 5. The zero-order chi connectivity index (χ0) is 13.5. The lowest BCUT2D eigenvalue weighted by Gasteiger charge is -2.10. The topological polar surface area (TPSA) is 65.1 Å². The van der Waals surface area contributed by atoms with Crippen LogP contribution in [-0.4, -0.2) is 22.7 Å². The largest absolute Gasteiger partial charge is 0.357 e. The van der Waals surface area contributed by atoms with Gasteiger partial charge in [0.2, 0.25) is 0 Å². The van der Waals surface area contributed by atoms with Gasteiger partial charge in [0.25, 0.3) is 0 Å². The fourth-order valence-electron chi connectivity index (χ4n) is 1.63. The van der Waals surface area contributed by atoms with Gasteiger partial charge in [-0.15, -0.1) is 11.3 Å². The SMILES string of the molecule is CCNC(=NCc1ccn[nH]1)NCc1ccc(C)s1. The molecule has 6 heteroatoms. The van der Waals surface area contributed by atoms with E-state index in [2.05, 4.69) is 51.8 Å². The average molecular weight is 277 g/mol. The van der Waals surface area contributed by atoms with E-state index >= 15 is 0 Å². The van der Waals surface area contributed by atoms with Gasteiger partial charge in [-0.1, -0.05) is 0 Å². The third-order valence-electron chi connectivity index (χ3n) is 2.54. The van der Waals surface area contributed by atoms with Gasteiger partial charge < -0.3 is 10.6 Å². The maximum absolute atomic E-state index is 4.51. The van der Waals surface area contributed by atoms with Gasteiger partial charge >= 0.3 is 0 Å². The van der Waals surface area contributed by atoms with Crippen molar-refractivity contribution in [3.63, 3.8) is 0 Å². The molecule has 3 N–H and O–H groups in total. The first-order valence-corrected chi connectivity index (χ1v) is 7.15. The van der Waals surface area contributed by atoms with Crippen LogP contribution in [0, 0.1) is 6.92 Å². The lowest BCUT2D eigenvalue weighted by molar-refractivity contribution is 0.817. The van der Waals surface area contributed by atoms with Crippen LogP contribution in [-0.2, 0) is 13.1 Å². The van der Waals surface area contributed by atoms with Gasteiger partial charge in [0.15, 0.2) is 5.96 Å². The Bertz CT molecular complexity index is 515. The smallest absolute Gasteiger partial charge is 0.191 e. The van der Waals surface area contributed by atoms with E-state index in [1.807, 2.05) is 6.07 Å². The number of nitrogens with one attached hydrogen (secondary N) is 3. The molecule has 0 atom stereocenters. The Morgan fingerprint density at radius 1 is 1.37 bits per heavy atom. The van der Waals surface area contributed by atoms with E-state index in [1.54, 1.807) is 17.5 Å². The Kier molecular flexibility index (Phi) is 4.97. The molecule has 0 saturated heterocycles. The molecule has 0 aliphatic heterocycles. The molecule has 0 amide bonds.